The molecule has 0 bridgehead atoms. The maximum Gasteiger partial charge on any atom is 0.239 e. The highest BCUT2D eigenvalue weighted by atomic mass is 32.2. The molecule has 2 atom stereocenters. The quantitative estimate of drug-likeness (QED) is 0.629. The molecule has 10 heteroatoms. The van der Waals surface area contributed by atoms with Gasteiger partial charge in [-0.05, 0) is 36.1 Å². The van der Waals surface area contributed by atoms with E-state index < -0.39 is 0 Å². The summed E-state index contributed by atoms with van der Waals surface area (Å²) in [5.74, 6) is 0.764. The third-order valence-corrected chi connectivity index (χ3v) is 7.82. The molecule has 2 N–H and O–H groups in total. The maximum absolute atomic E-state index is 11.6. The van der Waals surface area contributed by atoms with Crippen molar-refractivity contribution in [1.29, 1.82) is 0 Å². The molecule has 2 aromatic heterocycles. The van der Waals surface area contributed by atoms with Crippen molar-refractivity contribution in [1.82, 2.24) is 20.6 Å². The third kappa shape index (κ3) is 7.66. The first-order valence-corrected chi connectivity index (χ1v) is 12.9. The number of hydrogen-bond acceptors (Lipinski definition) is 8. The van der Waals surface area contributed by atoms with Crippen molar-refractivity contribution in [3.8, 4) is 0 Å². The molecule has 8 nitrogen and oxygen atoms in total. The average Bonchev–Trinajstić information content (AvgIpc) is 3.40. The van der Waals surface area contributed by atoms with Crippen molar-refractivity contribution in [3.63, 3.8) is 0 Å². The Labute approximate surface area is 208 Å². The summed E-state index contributed by atoms with van der Waals surface area (Å²) in [5, 5.41) is 6.99. The molecule has 34 heavy (non-hydrogen) atoms. The number of carbonyl (C=O) groups excluding carboxylic acids is 2. The van der Waals surface area contributed by atoms with Gasteiger partial charge in [-0.2, -0.15) is 0 Å². The Hall–Kier alpha value is -2.72. The SMILES string of the molecule is CC(C)[C@@H]1SC(=NCc2ccccn2)NC1=O.CC(C)[C@H]1SC(=NCc2ccccn2)NC1=O. The number of rotatable bonds is 6. The minimum absolute atomic E-state index is 0.0162. The molecule has 0 aromatic carbocycles. The Balaban J connectivity index is 0.000000191. The molecule has 0 aliphatic carbocycles. The summed E-state index contributed by atoms with van der Waals surface area (Å²) in [6.45, 7) is 9.18. The predicted molar refractivity (Wildman–Crippen MR) is 139 cm³/mol. The Morgan fingerprint density at radius 3 is 1.47 bits per heavy atom. The van der Waals surface area contributed by atoms with Crippen LogP contribution >= 0.6 is 23.5 Å². The van der Waals surface area contributed by atoms with E-state index in [1.807, 2.05) is 64.1 Å². The molecular weight excluding hydrogens is 468 g/mol. The normalized spacial score (nSPS) is 22.2. The zero-order valence-electron chi connectivity index (χ0n) is 19.8. The van der Waals surface area contributed by atoms with Crippen LogP contribution in [0.15, 0.2) is 58.8 Å². The van der Waals surface area contributed by atoms with Crippen molar-refractivity contribution in [2.75, 3.05) is 0 Å². The molecule has 2 aliphatic rings. The molecule has 4 rings (SSSR count). The number of nitrogens with zero attached hydrogens (tertiary/aromatic N) is 4. The van der Waals surface area contributed by atoms with Crippen LogP contribution in [0.5, 0.6) is 0 Å². The summed E-state index contributed by atoms with van der Waals surface area (Å²) in [4.78, 5) is 40.3. The molecule has 180 valence electrons. The lowest BCUT2D eigenvalue weighted by Gasteiger charge is -2.07. The molecule has 0 radical (unpaired) electrons. The molecule has 2 aromatic rings. The molecule has 0 unspecified atom stereocenters. The van der Waals surface area contributed by atoms with Gasteiger partial charge in [0.05, 0.1) is 35.0 Å². The molecule has 2 fully saturated rings. The number of aliphatic imine (C=N–C) groups is 2. The van der Waals surface area contributed by atoms with Gasteiger partial charge < -0.3 is 10.6 Å². The Bertz CT molecular complexity index is 945. The van der Waals surface area contributed by atoms with E-state index in [4.69, 9.17) is 0 Å². The van der Waals surface area contributed by atoms with Gasteiger partial charge in [-0.1, -0.05) is 63.4 Å². The van der Waals surface area contributed by atoms with Gasteiger partial charge in [0.15, 0.2) is 10.3 Å². The van der Waals surface area contributed by atoms with E-state index in [2.05, 4.69) is 30.6 Å². The third-order valence-electron chi connectivity index (χ3n) is 4.89. The Morgan fingerprint density at radius 2 is 1.18 bits per heavy atom. The number of thioether (sulfide) groups is 2. The monoisotopic (exact) mass is 498 g/mol. The van der Waals surface area contributed by atoms with E-state index >= 15 is 0 Å². The lowest BCUT2D eigenvalue weighted by atomic mass is 10.1. The molecule has 2 amide bonds. The second-order valence-electron chi connectivity index (χ2n) is 8.43. The van der Waals surface area contributed by atoms with Gasteiger partial charge in [0.25, 0.3) is 0 Å². The van der Waals surface area contributed by atoms with Crippen LogP contribution < -0.4 is 10.6 Å². The van der Waals surface area contributed by atoms with E-state index in [0.717, 1.165) is 11.4 Å². The number of pyridine rings is 2. The van der Waals surface area contributed by atoms with Gasteiger partial charge in [0.1, 0.15) is 0 Å². The highest BCUT2D eigenvalue weighted by Gasteiger charge is 2.33. The minimum Gasteiger partial charge on any atom is -0.304 e. The highest BCUT2D eigenvalue weighted by molar-refractivity contribution is 8.16. The van der Waals surface area contributed by atoms with Crippen LogP contribution in [0, 0.1) is 11.8 Å². The summed E-state index contributed by atoms with van der Waals surface area (Å²) in [6.07, 6.45) is 3.49. The number of nitrogens with one attached hydrogen (secondary N) is 2. The fourth-order valence-electron chi connectivity index (χ4n) is 3.08. The fraction of sp³-hybridized carbons (Fsp3) is 0.417. The van der Waals surface area contributed by atoms with Crippen molar-refractivity contribution in [2.45, 2.75) is 51.3 Å². The second kappa shape index (κ2) is 12.7. The molecule has 2 saturated heterocycles. The molecule has 2 aliphatic heterocycles. The van der Waals surface area contributed by atoms with E-state index in [1.54, 1.807) is 12.4 Å². The first kappa shape index (κ1) is 25.9. The van der Waals surface area contributed by atoms with Crippen molar-refractivity contribution >= 4 is 45.7 Å². The van der Waals surface area contributed by atoms with Gasteiger partial charge in [-0.25, -0.2) is 0 Å². The average molecular weight is 499 g/mol. The lowest BCUT2D eigenvalue weighted by molar-refractivity contribution is -0.120. The Morgan fingerprint density at radius 1 is 0.765 bits per heavy atom. The zero-order chi connectivity index (χ0) is 24.5. The number of aromatic nitrogens is 2. The second-order valence-corrected chi connectivity index (χ2v) is 10.7. The van der Waals surface area contributed by atoms with Crippen molar-refractivity contribution < 1.29 is 9.59 Å². The molecule has 0 saturated carbocycles. The van der Waals surface area contributed by atoms with Crippen LogP contribution in [0.25, 0.3) is 0 Å². The standard InChI is InChI=1S/2C12H15N3OS/c2*1-8(2)10-11(16)15-12(17-10)14-7-9-5-3-4-6-13-9/h2*3-6,8,10H,7H2,1-2H3,(H,14,15,16)/t2*10-/m10/s1. The summed E-state index contributed by atoms with van der Waals surface area (Å²) < 4.78 is 0. The van der Waals surface area contributed by atoms with E-state index in [1.165, 1.54) is 23.5 Å². The van der Waals surface area contributed by atoms with E-state index in [0.29, 0.717) is 35.3 Å². The molecular formula is C24H30N6O2S2. The van der Waals surface area contributed by atoms with Crippen LogP contribution in [-0.4, -0.2) is 42.6 Å². The van der Waals surface area contributed by atoms with Gasteiger partial charge in [0, 0.05) is 12.4 Å². The lowest BCUT2D eigenvalue weighted by Crippen LogP contribution is -2.27. The molecule has 0 spiro atoms. The van der Waals surface area contributed by atoms with Crippen LogP contribution in [0.2, 0.25) is 0 Å². The van der Waals surface area contributed by atoms with Crippen molar-refractivity contribution in [2.24, 2.45) is 21.8 Å². The van der Waals surface area contributed by atoms with Crippen molar-refractivity contribution in [3.05, 3.63) is 60.2 Å². The fourth-order valence-corrected chi connectivity index (χ4v) is 5.03. The van der Waals surface area contributed by atoms with E-state index in [9.17, 15) is 9.59 Å². The zero-order valence-corrected chi connectivity index (χ0v) is 21.4. The number of amides is 2. The summed E-state index contributed by atoms with van der Waals surface area (Å²) in [5.41, 5.74) is 1.81. The number of carbonyl (C=O) groups is 2. The van der Waals surface area contributed by atoms with Gasteiger partial charge in [-0.3, -0.25) is 29.5 Å². The first-order chi connectivity index (χ1) is 16.3. The highest BCUT2D eigenvalue weighted by Crippen LogP contribution is 2.26. The van der Waals surface area contributed by atoms with Crippen LogP contribution in [0.4, 0.5) is 0 Å². The minimum atomic E-state index is -0.0162. The summed E-state index contributed by atoms with van der Waals surface area (Å²) in [6, 6.07) is 11.4. The predicted octanol–water partition coefficient (Wildman–Crippen LogP) is 3.65. The number of amidine groups is 2. The smallest absolute Gasteiger partial charge is 0.239 e. The largest absolute Gasteiger partial charge is 0.304 e. The van der Waals surface area contributed by atoms with E-state index in [-0.39, 0.29) is 22.3 Å². The first-order valence-electron chi connectivity index (χ1n) is 11.2. The van der Waals surface area contributed by atoms with Crippen LogP contribution in [0.1, 0.15) is 39.1 Å². The van der Waals surface area contributed by atoms with Gasteiger partial charge in [-0.15, -0.1) is 0 Å². The molecule has 4 heterocycles. The Kier molecular flexibility index (Phi) is 9.64. The van der Waals surface area contributed by atoms with Crippen LogP contribution in [0.3, 0.4) is 0 Å². The maximum atomic E-state index is 11.6. The topological polar surface area (TPSA) is 109 Å². The van der Waals surface area contributed by atoms with Gasteiger partial charge in [0.2, 0.25) is 11.8 Å². The van der Waals surface area contributed by atoms with Crippen LogP contribution in [-0.2, 0) is 22.7 Å². The summed E-state index contributed by atoms with van der Waals surface area (Å²) in [7, 11) is 0. The number of hydrogen-bond donors (Lipinski definition) is 2. The summed E-state index contributed by atoms with van der Waals surface area (Å²) >= 11 is 3.02. The van der Waals surface area contributed by atoms with Gasteiger partial charge >= 0.3 is 0 Å².